The highest BCUT2D eigenvalue weighted by atomic mass is 32.1. The molecule has 176 valence electrons. The molecule has 0 spiro atoms. The molecular weight excluding hydrogens is 489 g/mol. The molecule has 0 bridgehead atoms. The fraction of sp³-hybridized carbons (Fsp3) is 0.273. The van der Waals surface area contributed by atoms with Gasteiger partial charge in [0.25, 0.3) is 5.91 Å². The number of anilines is 1. The van der Waals surface area contributed by atoms with Gasteiger partial charge in [-0.25, -0.2) is 14.3 Å². The van der Waals surface area contributed by atoms with E-state index in [1.54, 1.807) is 17.5 Å². The Hall–Kier alpha value is -3.25. The Balaban J connectivity index is 1.55. The van der Waals surface area contributed by atoms with Gasteiger partial charge in [0, 0.05) is 10.9 Å². The van der Waals surface area contributed by atoms with Crippen LogP contribution in [0, 0.1) is 0 Å². The van der Waals surface area contributed by atoms with Crippen molar-refractivity contribution >= 4 is 45.2 Å². The molecule has 0 saturated heterocycles. The predicted molar refractivity (Wildman–Crippen MR) is 122 cm³/mol. The first kappa shape index (κ1) is 22.5. The second-order valence-electron chi connectivity index (χ2n) is 7.66. The van der Waals surface area contributed by atoms with Crippen LogP contribution in [0.3, 0.4) is 0 Å². The highest BCUT2D eigenvalue weighted by molar-refractivity contribution is 7.17. The number of carbonyl (C=O) groups excluding carboxylic acids is 2. The zero-order valence-electron chi connectivity index (χ0n) is 17.7. The van der Waals surface area contributed by atoms with Gasteiger partial charge in [-0.15, -0.1) is 22.7 Å². The van der Waals surface area contributed by atoms with Crippen molar-refractivity contribution in [1.29, 1.82) is 0 Å². The number of methoxy groups -OCH3 is 1. The number of nitrogens with one attached hydrogen (secondary N) is 1. The molecule has 4 heterocycles. The van der Waals surface area contributed by atoms with Crippen molar-refractivity contribution in [2.45, 2.75) is 31.9 Å². The highest BCUT2D eigenvalue weighted by Gasteiger charge is 2.36. The number of hydrogen-bond acceptors (Lipinski definition) is 7. The second-order valence-corrected chi connectivity index (χ2v) is 9.71. The number of esters is 1. The van der Waals surface area contributed by atoms with Gasteiger partial charge in [0.1, 0.15) is 5.00 Å². The van der Waals surface area contributed by atoms with Gasteiger partial charge >= 0.3 is 12.1 Å². The van der Waals surface area contributed by atoms with E-state index in [-0.39, 0.29) is 17.0 Å². The number of ether oxygens (including phenoxy) is 1. The van der Waals surface area contributed by atoms with Crippen LogP contribution in [0.4, 0.5) is 18.2 Å². The van der Waals surface area contributed by atoms with Crippen LogP contribution in [-0.2, 0) is 23.8 Å². The molecule has 0 fully saturated rings. The summed E-state index contributed by atoms with van der Waals surface area (Å²) in [6.07, 6.45) is -1.32. The van der Waals surface area contributed by atoms with Crippen molar-refractivity contribution in [2.75, 3.05) is 12.4 Å². The number of thiophene rings is 2. The zero-order valence-corrected chi connectivity index (χ0v) is 19.4. The summed E-state index contributed by atoms with van der Waals surface area (Å²) < 4.78 is 46.8. The lowest BCUT2D eigenvalue weighted by molar-refractivity contribution is -0.142. The SMILES string of the molecule is COC(=O)c1c(NC(=O)c2cc3nc(-c4cccs4)cc(C(F)(F)F)n3n2)sc2c1CCCC2. The zero-order chi connectivity index (χ0) is 24.0. The topological polar surface area (TPSA) is 85.6 Å². The van der Waals surface area contributed by atoms with Crippen molar-refractivity contribution in [2.24, 2.45) is 0 Å². The van der Waals surface area contributed by atoms with E-state index in [0.717, 1.165) is 35.8 Å². The number of amides is 1. The first-order valence-corrected chi connectivity index (χ1v) is 12.0. The van der Waals surface area contributed by atoms with Crippen LogP contribution in [0.2, 0.25) is 0 Å². The quantitative estimate of drug-likeness (QED) is 0.372. The van der Waals surface area contributed by atoms with Gasteiger partial charge in [-0.05, 0) is 48.8 Å². The molecule has 0 saturated carbocycles. The molecular formula is C22H17F3N4O3S2. The summed E-state index contributed by atoms with van der Waals surface area (Å²) in [6.45, 7) is 0. The Morgan fingerprint density at radius 3 is 2.71 bits per heavy atom. The minimum atomic E-state index is -4.71. The third kappa shape index (κ3) is 3.96. The molecule has 4 aromatic heterocycles. The summed E-state index contributed by atoms with van der Waals surface area (Å²) >= 11 is 2.54. The van der Waals surface area contributed by atoms with Gasteiger partial charge in [-0.3, -0.25) is 4.79 Å². The number of hydrogen-bond donors (Lipinski definition) is 1. The number of alkyl halides is 3. The molecule has 12 heteroatoms. The molecule has 1 aliphatic carbocycles. The molecule has 1 N–H and O–H groups in total. The molecule has 1 amide bonds. The molecule has 34 heavy (non-hydrogen) atoms. The van der Waals surface area contributed by atoms with E-state index in [4.69, 9.17) is 4.74 Å². The Bertz CT molecular complexity index is 1410. The van der Waals surface area contributed by atoms with E-state index in [9.17, 15) is 22.8 Å². The van der Waals surface area contributed by atoms with Crippen molar-refractivity contribution in [3.63, 3.8) is 0 Å². The van der Waals surface area contributed by atoms with Crippen LogP contribution in [0.15, 0.2) is 29.6 Å². The van der Waals surface area contributed by atoms with Crippen molar-refractivity contribution < 1.29 is 27.5 Å². The normalized spacial score (nSPS) is 13.6. The summed E-state index contributed by atoms with van der Waals surface area (Å²) in [6, 6.07) is 5.50. The number of aryl methyl sites for hydroxylation is 1. The molecule has 5 rings (SSSR count). The third-order valence-electron chi connectivity index (χ3n) is 5.51. The number of rotatable bonds is 4. The monoisotopic (exact) mass is 506 g/mol. The molecule has 0 aliphatic heterocycles. The van der Waals surface area contributed by atoms with Crippen LogP contribution in [0.25, 0.3) is 16.2 Å². The van der Waals surface area contributed by atoms with Crippen molar-refractivity contribution in [3.8, 4) is 10.6 Å². The van der Waals surface area contributed by atoms with Gasteiger partial charge in [0.15, 0.2) is 17.0 Å². The lowest BCUT2D eigenvalue weighted by Crippen LogP contribution is -2.17. The number of halogens is 3. The summed E-state index contributed by atoms with van der Waals surface area (Å²) in [4.78, 5) is 31.2. The number of fused-ring (bicyclic) bond motifs is 2. The van der Waals surface area contributed by atoms with E-state index in [2.05, 4.69) is 15.4 Å². The summed E-state index contributed by atoms with van der Waals surface area (Å²) in [5, 5.41) is 8.59. The largest absolute Gasteiger partial charge is 0.465 e. The average molecular weight is 507 g/mol. The molecule has 0 aromatic carbocycles. The van der Waals surface area contributed by atoms with Crippen LogP contribution < -0.4 is 5.32 Å². The van der Waals surface area contributed by atoms with Gasteiger partial charge in [0.2, 0.25) is 0 Å². The predicted octanol–water partition coefficient (Wildman–Crippen LogP) is 5.46. The van der Waals surface area contributed by atoms with E-state index in [1.165, 1.54) is 35.8 Å². The molecule has 1 aliphatic rings. The van der Waals surface area contributed by atoms with Crippen LogP contribution in [-0.4, -0.2) is 33.6 Å². The third-order valence-corrected chi connectivity index (χ3v) is 7.61. The average Bonchev–Trinajstić information content (AvgIpc) is 3.54. The second kappa shape index (κ2) is 8.51. The minimum absolute atomic E-state index is 0.109. The maximum Gasteiger partial charge on any atom is 0.433 e. The first-order valence-electron chi connectivity index (χ1n) is 10.3. The summed E-state index contributed by atoms with van der Waals surface area (Å²) in [7, 11) is 1.26. The molecule has 4 aromatic rings. The summed E-state index contributed by atoms with van der Waals surface area (Å²) in [5.41, 5.74) is -0.101. The van der Waals surface area contributed by atoms with Gasteiger partial charge in [-0.1, -0.05) is 6.07 Å². The van der Waals surface area contributed by atoms with Crippen molar-refractivity contribution in [3.05, 3.63) is 57.0 Å². The number of aromatic nitrogens is 3. The Kier molecular flexibility index (Phi) is 5.64. The molecule has 0 unspecified atom stereocenters. The summed E-state index contributed by atoms with van der Waals surface area (Å²) in [5.74, 6) is -1.30. The van der Waals surface area contributed by atoms with E-state index in [0.29, 0.717) is 26.4 Å². The van der Waals surface area contributed by atoms with Gasteiger partial charge in [-0.2, -0.15) is 18.3 Å². The number of nitrogens with zero attached hydrogens (tertiary/aromatic N) is 3. The first-order chi connectivity index (χ1) is 16.3. The standard InChI is InChI=1S/C22H17F3N4O3S2/c1-32-21(31)18-11-5-2-3-6-14(11)34-20(18)27-19(30)13-10-17-26-12(15-7-4-8-33-15)9-16(22(23,24)25)29(17)28-13/h4,7-10H,2-3,5-6H2,1H3,(H,27,30). The Morgan fingerprint density at radius 1 is 1.21 bits per heavy atom. The molecule has 7 nitrogen and oxygen atoms in total. The Morgan fingerprint density at radius 2 is 2.00 bits per heavy atom. The van der Waals surface area contributed by atoms with Crippen LogP contribution >= 0.6 is 22.7 Å². The van der Waals surface area contributed by atoms with E-state index in [1.807, 2.05) is 0 Å². The van der Waals surface area contributed by atoms with Crippen LogP contribution in [0.1, 0.15) is 49.8 Å². The lowest BCUT2D eigenvalue weighted by atomic mass is 9.95. The lowest BCUT2D eigenvalue weighted by Gasteiger charge is -2.11. The van der Waals surface area contributed by atoms with E-state index >= 15 is 0 Å². The molecule has 0 atom stereocenters. The fourth-order valence-electron chi connectivity index (χ4n) is 3.98. The maximum absolute atomic E-state index is 13.8. The highest BCUT2D eigenvalue weighted by Crippen LogP contribution is 2.39. The Labute approximate surface area is 199 Å². The molecule has 0 radical (unpaired) electrons. The van der Waals surface area contributed by atoms with Crippen LogP contribution in [0.5, 0.6) is 0 Å². The van der Waals surface area contributed by atoms with E-state index < -0.39 is 23.7 Å². The minimum Gasteiger partial charge on any atom is -0.465 e. The smallest absolute Gasteiger partial charge is 0.433 e. The van der Waals surface area contributed by atoms with Gasteiger partial charge in [0.05, 0.1) is 23.2 Å². The maximum atomic E-state index is 13.8. The number of carbonyl (C=O) groups is 2. The van der Waals surface area contributed by atoms with Crippen molar-refractivity contribution in [1.82, 2.24) is 14.6 Å². The van der Waals surface area contributed by atoms with Gasteiger partial charge < -0.3 is 10.1 Å². The fourth-order valence-corrected chi connectivity index (χ4v) is 5.94.